The predicted molar refractivity (Wildman–Crippen MR) is 178 cm³/mol. The molecule has 1 N–H and O–H groups in total. The summed E-state index contributed by atoms with van der Waals surface area (Å²) in [6.45, 7) is 10.8. The first-order valence-corrected chi connectivity index (χ1v) is 14.9. The third-order valence-corrected chi connectivity index (χ3v) is 8.57. The Morgan fingerprint density at radius 2 is 1.53 bits per heavy atom. The highest BCUT2D eigenvalue weighted by atomic mass is 35.5. The van der Waals surface area contributed by atoms with Gasteiger partial charge in [0.15, 0.2) is 17.5 Å². The average molecular weight is 585 g/mol. The first-order valence-electron chi connectivity index (χ1n) is 14.5. The number of anilines is 2. The van der Waals surface area contributed by atoms with E-state index in [2.05, 4.69) is 86.4 Å². The molecule has 0 amide bonds. The number of hydrogen-bond donors (Lipinski definition) is 1. The second kappa shape index (κ2) is 10.2. The number of nitrogens with zero attached hydrogens (tertiary/aromatic N) is 5. The molecule has 214 valence electrons. The molecule has 3 heterocycles. The average Bonchev–Trinajstić information content (AvgIpc) is 3.34. The minimum atomic E-state index is -0.177. The first kappa shape index (κ1) is 27.2. The second-order valence-corrected chi connectivity index (χ2v) is 12.6. The number of aromatic nitrogens is 2. The van der Waals surface area contributed by atoms with Gasteiger partial charge >= 0.3 is 0 Å². The molecule has 7 heteroatoms. The van der Waals surface area contributed by atoms with Crippen LogP contribution in [-0.4, -0.2) is 21.5 Å². The van der Waals surface area contributed by atoms with Crippen LogP contribution in [0.3, 0.4) is 0 Å². The Hall–Kier alpha value is -4.68. The van der Waals surface area contributed by atoms with E-state index in [1.807, 2.05) is 60.1 Å². The lowest BCUT2D eigenvalue weighted by atomic mass is 9.85. The van der Waals surface area contributed by atoms with Gasteiger partial charge in [-0.25, -0.2) is 14.7 Å². The number of hydrogen-bond acceptors (Lipinski definition) is 5. The fourth-order valence-corrected chi connectivity index (χ4v) is 6.02. The molecule has 2 aliphatic rings. The van der Waals surface area contributed by atoms with Crippen LogP contribution >= 0.6 is 11.6 Å². The van der Waals surface area contributed by atoms with Crippen LogP contribution in [0.25, 0.3) is 5.69 Å². The Kier molecular flexibility index (Phi) is 6.47. The summed E-state index contributed by atoms with van der Waals surface area (Å²) < 4.78 is 1.95. The van der Waals surface area contributed by atoms with Crippen molar-refractivity contribution in [1.29, 1.82) is 0 Å². The third-order valence-electron chi connectivity index (χ3n) is 8.17. The molecule has 43 heavy (non-hydrogen) atoms. The zero-order valence-corrected chi connectivity index (χ0v) is 25.7. The molecule has 0 aliphatic carbocycles. The zero-order chi connectivity index (χ0) is 29.9. The van der Waals surface area contributed by atoms with Crippen LogP contribution in [0.4, 0.5) is 22.9 Å². The molecule has 2 aliphatic heterocycles. The summed E-state index contributed by atoms with van der Waals surface area (Å²) in [5, 5.41) is 9.29. The summed E-state index contributed by atoms with van der Waals surface area (Å²) in [5.41, 5.74) is 9.20. The number of nitrogens with one attached hydrogen (secondary N) is 1. The predicted octanol–water partition coefficient (Wildman–Crippen LogP) is 9.24. The highest BCUT2D eigenvalue weighted by molar-refractivity contribution is 6.51. The molecule has 0 saturated carbocycles. The molecular weight excluding hydrogens is 552 g/mol. The van der Waals surface area contributed by atoms with Gasteiger partial charge < -0.3 is 10.2 Å². The zero-order valence-electron chi connectivity index (χ0n) is 24.9. The number of para-hydroxylation sites is 3. The van der Waals surface area contributed by atoms with E-state index in [1.165, 1.54) is 5.56 Å². The van der Waals surface area contributed by atoms with Crippen LogP contribution in [0.1, 0.15) is 54.8 Å². The van der Waals surface area contributed by atoms with Crippen molar-refractivity contribution in [3.63, 3.8) is 0 Å². The van der Waals surface area contributed by atoms with Gasteiger partial charge in [-0.1, -0.05) is 93.0 Å². The number of halogens is 1. The van der Waals surface area contributed by atoms with Crippen molar-refractivity contribution < 1.29 is 0 Å². The van der Waals surface area contributed by atoms with E-state index >= 15 is 0 Å². The highest BCUT2D eigenvalue weighted by Gasteiger charge is 2.41. The Morgan fingerprint density at radius 3 is 2.26 bits per heavy atom. The molecule has 0 bridgehead atoms. The van der Waals surface area contributed by atoms with Gasteiger partial charge in [-0.3, -0.25) is 0 Å². The molecular formula is C36H33ClN6. The van der Waals surface area contributed by atoms with Crippen molar-refractivity contribution in [2.45, 2.75) is 46.1 Å². The van der Waals surface area contributed by atoms with Gasteiger partial charge in [0.2, 0.25) is 0 Å². The molecule has 1 aromatic heterocycles. The van der Waals surface area contributed by atoms with E-state index in [1.54, 1.807) is 0 Å². The van der Waals surface area contributed by atoms with Crippen molar-refractivity contribution in [3.8, 4) is 5.69 Å². The van der Waals surface area contributed by atoms with Gasteiger partial charge in [0, 0.05) is 16.3 Å². The summed E-state index contributed by atoms with van der Waals surface area (Å²) >= 11 is 6.52. The standard InChI is InChI=1S/C36H33ClN6/c1-22-15-20-26(21-28(22)37)38-33-35-40-34-31(23(2)41-43(34)27-11-7-6-8-12-27)32(24-16-18-25(19-17-24)36(3,4)5)42(35)30-14-10-9-13-29(30)39-33/h6-21,32H,1-5H3,(H,38,39)/t32-/m0/s1. The van der Waals surface area contributed by atoms with Gasteiger partial charge in [-0.15, -0.1) is 0 Å². The molecule has 5 aromatic rings. The van der Waals surface area contributed by atoms with Gasteiger partial charge in [-0.05, 0) is 72.4 Å². The van der Waals surface area contributed by atoms with E-state index in [9.17, 15) is 0 Å². The molecule has 7 rings (SSSR count). The first-order chi connectivity index (χ1) is 20.7. The monoisotopic (exact) mass is 584 g/mol. The lowest BCUT2D eigenvalue weighted by Gasteiger charge is -2.40. The number of rotatable bonds is 3. The Bertz CT molecular complexity index is 1910. The van der Waals surface area contributed by atoms with Crippen molar-refractivity contribution in [2.24, 2.45) is 9.98 Å². The summed E-state index contributed by atoms with van der Waals surface area (Å²) in [5.74, 6) is 2.18. The number of aliphatic imine (C=N–C) groups is 2. The van der Waals surface area contributed by atoms with E-state index in [0.29, 0.717) is 10.9 Å². The molecule has 6 nitrogen and oxygen atoms in total. The third kappa shape index (κ3) is 4.72. The van der Waals surface area contributed by atoms with Gasteiger partial charge in [0.05, 0.1) is 28.8 Å². The maximum Gasteiger partial charge on any atom is 0.179 e. The fraction of sp³-hybridized carbons (Fsp3) is 0.194. The Balaban J connectivity index is 1.47. The van der Waals surface area contributed by atoms with Crippen LogP contribution in [0, 0.1) is 13.8 Å². The number of amidine groups is 2. The molecule has 1 atom stereocenters. The van der Waals surface area contributed by atoms with Crippen LogP contribution in [0.15, 0.2) is 107 Å². The molecule has 0 spiro atoms. The summed E-state index contributed by atoms with van der Waals surface area (Å²) in [4.78, 5) is 12.7. The number of fused-ring (bicyclic) bond motifs is 4. The highest BCUT2D eigenvalue weighted by Crippen LogP contribution is 2.48. The van der Waals surface area contributed by atoms with E-state index in [0.717, 1.165) is 56.8 Å². The van der Waals surface area contributed by atoms with Crippen LogP contribution in [-0.2, 0) is 5.41 Å². The molecule has 0 unspecified atom stereocenters. The van der Waals surface area contributed by atoms with Crippen LogP contribution < -0.4 is 10.2 Å². The van der Waals surface area contributed by atoms with Crippen LogP contribution in [0.2, 0.25) is 5.02 Å². The second-order valence-electron chi connectivity index (χ2n) is 12.2. The Morgan fingerprint density at radius 1 is 0.814 bits per heavy atom. The lowest BCUT2D eigenvalue weighted by Crippen LogP contribution is -2.46. The number of aryl methyl sites for hydroxylation is 2. The molecule has 4 aromatic carbocycles. The van der Waals surface area contributed by atoms with Crippen molar-refractivity contribution >= 4 is 46.2 Å². The van der Waals surface area contributed by atoms with E-state index in [4.69, 9.17) is 26.7 Å². The molecule has 0 fully saturated rings. The smallest absolute Gasteiger partial charge is 0.179 e. The maximum absolute atomic E-state index is 6.52. The van der Waals surface area contributed by atoms with Gasteiger partial charge in [-0.2, -0.15) is 5.10 Å². The van der Waals surface area contributed by atoms with E-state index in [-0.39, 0.29) is 11.5 Å². The minimum absolute atomic E-state index is 0.0494. The molecule has 0 radical (unpaired) electrons. The minimum Gasteiger partial charge on any atom is -0.337 e. The summed E-state index contributed by atoms with van der Waals surface area (Å²) in [6, 6.07) is 33.2. The largest absolute Gasteiger partial charge is 0.337 e. The quantitative estimate of drug-likeness (QED) is 0.230. The SMILES string of the molecule is Cc1ccc(NC2=Nc3ccccc3N3C2=Nc2c(c(C)nn2-c2ccccc2)[C@@H]3c2ccc(C(C)(C)C)cc2)cc1Cl. The maximum atomic E-state index is 6.52. The molecule has 0 saturated heterocycles. The summed E-state index contributed by atoms with van der Waals surface area (Å²) in [7, 11) is 0. The normalized spacial score (nSPS) is 15.7. The topological polar surface area (TPSA) is 57.8 Å². The van der Waals surface area contributed by atoms with E-state index < -0.39 is 0 Å². The fourth-order valence-electron chi connectivity index (χ4n) is 5.84. The summed E-state index contributed by atoms with van der Waals surface area (Å²) in [6.07, 6.45) is 0. The number of benzene rings is 4. The van der Waals surface area contributed by atoms with Crippen molar-refractivity contribution in [3.05, 3.63) is 130 Å². The van der Waals surface area contributed by atoms with Gasteiger partial charge in [0.1, 0.15) is 0 Å². The lowest BCUT2D eigenvalue weighted by molar-refractivity contribution is 0.589. The van der Waals surface area contributed by atoms with Crippen molar-refractivity contribution in [2.75, 3.05) is 10.2 Å². The van der Waals surface area contributed by atoms with Gasteiger partial charge in [0.25, 0.3) is 0 Å². The van der Waals surface area contributed by atoms with Crippen molar-refractivity contribution in [1.82, 2.24) is 9.78 Å². The van der Waals surface area contributed by atoms with Crippen LogP contribution in [0.5, 0.6) is 0 Å². The Labute approximate surface area is 257 Å².